The topological polar surface area (TPSA) is 80.3 Å². The van der Waals surface area contributed by atoms with Crippen LogP contribution in [0.2, 0.25) is 0 Å². The lowest BCUT2D eigenvalue weighted by molar-refractivity contribution is -0.117. The normalized spacial score (nSPS) is 12.8. The Balaban J connectivity index is 0.000000699. The molecular weight excluding hydrogens is 529 g/mol. The Morgan fingerprint density at radius 2 is 1.27 bits per heavy atom. The van der Waals surface area contributed by atoms with E-state index in [0.717, 1.165) is 18.5 Å². The van der Waals surface area contributed by atoms with Crippen molar-refractivity contribution in [3.63, 3.8) is 0 Å². The van der Waals surface area contributed by atoms with Gasteiger partial charge in [0.15, 0.2) is 0 Å². The van der Waals surface area contributed by atoms with E-state index in [1.54, 1.807) is 24.3 Å². The molecule has 1 aliphatic heterocycles. The Labute approximate surface area is 244 Å². The first-order valence-corrected chi connectivity index (χ1v) is 15.3. The molecule has 0 radical (unpaired) electrons. The van der Waals surface area contributed by atoms with Gasteiger partial charge in [0.05, 0.1) is 0 Å². The highest BCUT2D eigenvalue weighted by molar-refractivity contribution is 7.79. The number of carbonyl (C=O) groups excluding carboxylic acids is 2. The molecule has 7 heteroatoms. The molecule has 4 aromatic rings. The van der Waals surface area contributed by atoms with Crippen LogP contribution in [0.25, 0.3) is 0 Å². The highest BCUT2D eigenvalue weighted by Gasteiger charge is 2.19. The Morgan fingerprint density at radius 3 is 1.80 bits per heavy atom. The van der Waals surface area contributed by atoms with Crippen LogP contribution in [0, 0.1) is 5.41 Å². The van der Waals surface area contributed by atoms with Crippen molar-refractivity contribution in [3.8, 4) is 0 Å². The number of pyridine rings is 1. The molecule has 0 unspecified atom stereocenters. The minimum Gasteiger partial charge on any atom is -0.381 e. The predicted octanol–water partition coefficient (Wildman–Crippen LogP) is 6.26. The standard InChI is InChI=1S/C30H30N3O2P.C4H8O/c1-30(2,3)21-28(34)32-26-18-11-19-27(31-26)33-29(35)22-12-10-17-25(20-22)36(23-13-6-4-7-14-23)24-15-8-5-9-16-24;1-2-4-5-3-1/h4-20H,21H2,1-3H3,(H2,31,32,33,34,35);1-4H2. The Morgan fingerprint density at radius 1 is 0.732 bits per heavy atom. The maximum Gasteiger partial charge on any atom is 0.256 e. The van der Waals surface area contributed by atoms with E-state index in [1.165, 1.54) is 23.5 Å². The number of hydrogen-bond donors (Lipinski definition) is 2. The average molecular weight is 568 g/mol. The second-order valence-corrected chi connectivity index (χ2v) is 13.2. The molecule has 1 fully saturated rings. The summed E-state index contributed by atoms with van der Waals surface area (Å²) in [6, 6.07) is 33.7. The number of hydrogen-bond acceptors (Lipinski definition) is 4. The molecule has 0 spiro atoms. The smallest absolute Gasteiger partial charge is 0.256 e. The molecule has 2 amide bonds. The third-order valence-corrected chi connectivity index (χ3v) is 8.60. The number of ether oxygens (including phenoxy) is 1. The van der Waals surface area contributed by atoms with E-state index >= 15 is 0 Å². The molecule has 3 aromatic carbocycles. The van der Waals surface area contributed by atoms with Gasteiger partial charge in [-0.05, 0) is 66.4 Å². The minimum atomic E-state index is -0.816. The number of anilines is 2. The van der Waals surface area contributed by atoms with E-state index in [4.69, 9.17) is 4.74 Å². The zero-order chi connectivity index (χ0) is 29.1. The molecule has 212 valence electrons. The van der Waals surface area contributed by atoms with E-state index in [9.17, 15) is 9.59 Å². The number of carbonyl (C=O) groups is 2. The molecule has 1 aromatic heterocycles. The first kappa shape index (κ1) is 30.1. The lowest BCUT2D eigenvalue weighted by Gasteiger charge is -2.20. The second kappa shape index (κ2) is 14.7. The lowest BCUT2D eigenvalue weighted by atomic mass is 9.92. The van der Waals surface area contributed by atoms with Crippen molar-refractivity contribution in [2.75, 3.05) is 23.8 Å². The number of benzene rings is 3. The van der Waals surface area contributed by atoms with Gasteiger partial charge in [0, 0.05) is 25.2 Å². The van der Waals surface area contributed by atoms with Gasteiger partial charge in [0.25, 0.3) is 5.91 Å². The summed E-state index contributed by atoms with van der Waals surface area (Å²) in [6.07, 6.45) is 2.93. The molecule has 41 heavy (non-hydrogen) atoms. The Hall–Kier alpha value is -3.86. The van der Waals surface area contributed by atoms with Crippen LogP contribution in [0.1, 0.15) is 50.4 Å². The van der Waals surface area contributed by atoms with Gasteiger partial charge in [0.1, 0.15) is 11.6 Å². The molecule has 0 atom stereocenters. The van der Waals surface area contributed by atoms with Gasteiger partial charge in [-0.25, -0.2) is 4.98 Å². The van der Waals surface area contributed by atoms with Crippen molar-refractivity contribution in [3.05, 3.63) is 109 Å². The van der Waals surface area contributed by atoms with E-state index in [0.29, 0.717) is 23.6 Å². The first-order valence-electron chi connectivity index (χ1n) is 13.9. The van der Waals surface area contributed by atoms with Crippen LogP contribution in [-0.2, 0) is 9.53 Å². The van der Waals surface area contributed by atoms with Crippen molar-refractivity contribution >= 4 is 47.3 Å². The van der Waals surface area contributed by atoms with Gasteiger partial charge in [-0.2, -0.15) is 0 Å². The molecule has 0 aliphatic carbocycles. The molecule has 2 N–H and O–H groups in total. The van der Waals surface area contributed by atoms with Crippen LogP contribution >= 0.6 is 7.92 Å². The van der Waals surface area contributed by atoms with Gasteiger partial charge in [-0.1, -0.05) is 99.6 Å². The van der Waals surface area contributed by atoms with Crippen molar-refractivity contribution in [1.82, 2.24) is 4.98 Å². The molecule has 6 nitrogen and oxygen atoms in total. The molecule has 5 rings (SSSR count). The third kappa shape index (κ3) is 9.63. The summed E-state index contributed by atoms with van der Waals surface area (Å²) in [5, 5.41) is 9.21. The van der Waals surface area contributed by atoms with Gasteiger partial charge >= 0.3 is 0 Å². The van der Waals surface area contributed by atoms with E-state index in [-0.39, 0.29) is 17.2 Å². The van der Waals surface area contributed by atoms with Gasteiger partial charge < -0.3 is 15.4 Å². The van der Waals surface area contributed by atoms with Crippen LogP contribution in [-0.4, -0.2) is 30.0 Å². The van der Waals surface area contributed by atoms with Crippen LogP contribution < -0.4 is 26.5 Å². The highest BCUT2D eigenvalue weighted by atomic mass is 31.1. The summed E-state index contributed by atoms with van der Waals surface area (Å²) in [4.78, 5) is 29.8. The maximum atomic E-state index is 13.2. The summed E-state index contributed by atoms with van der Waals surface area (Å²) < 4.78 is 4.94. The molecule has 0 saturated carbocycles. The van der Waals surface area contributed by atoms with Gasteiger partial charge in [-0.15, -0.1) is 0 Å². The van der Waals surface area contributed by atoms with E-state index < -0.39 is 7.92 Å². The fourth-order valence-electron chi connectivity index (χ4n) is 4.33. The monoisotopic (exact) mass is 567 g/mol. The van der Waals surface area contributed by atoms with Crippen molar-refractivity contribution in [2.45, 2.75) is 40.0 Å². The van der Waals surface area contributed by atoms with Crippen molar-refractivity contribution in [1.29, 1.82) is 0 Å². The number of rotatable bonds is 7. The van der Waals surface area contributed by atoms with Crippen molar-refractivity contribution < 1.29 is 14.3 Å². The average Bonchev–Trinajstić information content (AvgIpc) is 3.54. The predicted molar refractivity (Wildman–Crippen MR) is 170 cm³/mol. The summed E-state index contributed by atoms with van der Waals surface area (Å²) in [7, 11) is -0.816. The third-order valence-electron chi connectivity index (χ3n) is 6.17. The van der Waals surface area contributed by atoms with Crippen LogP contribution in [0.4, 0.5) is 11.6 Å². The quantitative estimate of drug-likeness (QED) is 0.258. The number of amides is 2. The number of nitrogens with one attached hydrogen (secondary N) is 2. The Kier molecular flexibility index (Phi) is 10.8. The van der Waals surface area contributed by atoms with Gasteiger partial charge in [-0.3, -0.25) is 9.59 Å². The van der Waals surface area contributed by atoms with Crippen LogP contribution in [0.5, 0.6) is 0 Å². The number of nitrogens with zero attached hydrogens (tertiary/aromatic N) is 1. The zero-order valence-corrected chi connectivity index (χ0v) is 24.9. The SMILES string of the molecule is C1CCOC1.CC(C)(C)CC(=O)Nc1cccc(NC(=O)c2cccc(P(c3ccccc3)c3ccccc3)c2)n1. The number of aromatic nitrogens is 1. The molecular formula is C34H38N3O3P. The summed E-state index contributed by atoms with van der Waals surface area (Å²) >= 11 is 0. The first-order chi connectivity index (χ1) is 19.8. The van der Waals surface area contributed by atoms with Crippen LogP contribution in [0.15, 0.2) is 103 Å². The lowest BCUT2D eigenvalue weighted by Crippen LogP contribution is -2.22. The molecule has 0 bridgehead atoms. The molecule has 2 heterocycles. The summed E-state index contributed by atoms with van der Waals surface area (Å²) in [6.45, 7) is 8.02. The minimum absolute atomic E-state index is 0.110. The second-order valence-electron chi connectivity index (χ2n) is 11.0. The van der Waals surface area contributed by atoms with E-state index in [2.05, 4.69) is 45.9 Å². The fourth-order valence-corrected chi connectivity index (χ4v) is 6.67. The van der Waals surface area contributed by atoms with Crippen molar-refractivity contribution in [2.24, 2.45) is 5.41 Å². The fraction of sp³-hybridized carbons (Fsp3) is 0.265. The maximum absolute atomic E-state index is 13.2. The summed E-state index contributed by atoms with van der Waals surface area (Å²) in [5.41, 5.74) is 0.427. The largest absolute Gasteiger partial charge is 0.381 e. The Bertz CT molecular complexity index is 1370. The van der Waals surface area contributed by atoms with Crippen LogP contribution in [0.3, 0.4) is 0 Å². The summed E-state index contributed by atoms with van der Waals surface area (Å²) in [5.74, 6) is 0.430. The molecule has 1 saturated heterocycles. The van der Waals surface area contributed by atoms with Gasteiger partial charge in [0.2, 0.25) is 5.91 Å². The van der Waals surface area contributed by atoms with E-state index in [1.807, 2.05) is 69.3 Å². The highest BCUT2D eigenvalue weighted by Crippen LogP contribution is 2.32. The molecule has 1 aliphatic rings. The zero-order valence-electron chi connectivity index (χ0n) is 24.0.